The minimum atomic E-state index is -4.82. The quantitative estimate of drug-likeness (QED) is 0.715. The summed E-state index contributed by atoms with van der Waals surface area (Å²) in [7, 11) is 0. The third-order valence-corrected chi connectivity index (χ3v) is 4.89. The van der Waals surface area contributed by atoms with Gasteiger partial charge in [0.2, 0.25) is 0 Å². The molecule has 8 heteroatoms. The number of rotatable bonds is 4. The SMILES string of the molecule is Cc1ccc(OC[C@@H]2CCC(C3OCC(C)CO3)CO2)c(C(F)(F)F)c1F. The molecule has 0 N–H and O–H groups in total. The Morgan fingerprint density at radius 3 is 2.37 bits per heavy atom. The van der Waals surface area contributed by atoms with E-state index in [9.17, 15) is 17.6 Å². The van der Waals surface area contributed by atoms with Gasteiger partial charge in [-0.25, -0.2) is 4.39 Å². The summed E-state index contributed by atoms with van der Waals surface area (Å²) in [5.74, 6) is -1.35. The molecule has 2 fully saturated rings. The number of halogens is 4. The van der Waals surface area contributed by atoms with Crippen LogP contribution in [0.2, 0.25) is 0 Å². The van der Waals surface area contributed by atoms with Crippen LogP contribution >= 0.6 is 0 Å². The second-order valence-corrected chi connectivity index (χ2v) is 7.31. The Morgan fingerprint density at radius 1 is 1.07 bits per heavy atom. The standard InChI is InChI=1S/C19H24F4O4/c1-11-7-26-18(27-8-11)13-4-5-14(24-9-13)10-25-15-6-3-12(2)17(20)16(15)19(21,22)23/h3,6,11,13-14,18H,4-5,7-10H2,1-2H3/t11?,13?,14-,18?/m0/s1. The Kier molecular flexibility index (Phi) is 6.28. The molecule has 1 aromatic rings. The lowest BCUT2D eigenvalue weighted by Gasteiger charge is -2.36. The lowest BCUT2D eigenvalue weighted by molar-refractivity contribution is -0.239. The molecule has 2 atom stereocenters. The largest absolute Gasteiger partial charge is 0.490 e. The van der Waals surface area contributed by atoms with E-state index in [2.05, 4.69) is 0 Å². The fourth-order valence-electron chi connectivity index (χ4n) is 3.29. The molecule has 2 aliphatic heterocycles. The van der Waals surface area contributed by atoms with Gasteiger partial charge in [-0.2, -0.15) is 13.2 Å². The lowest BCUT2D eigenvalue weighted by atomic mass is 9.97. The maximum Gasteiger partial charge on any atom is 0.422 e. The molecular weight excluding hydrogens is 368 g/mol. The summed E-state index contributed by atoms with van der Waals surface area (Å²) in [6.45, 7) is 4.95. The second-order valence-electron chi connectivity index (χ2n) is 7.31. The fourth-order valence-corrected chi connectivity index (χ4v) is 3.29. The van der Waals surface area contributed by atoms with Gasteiger partial charge in [0.25, 0.3) is 0 Å². The third kappa shape index (κ3) is 4.92. The molecule has 0 saturated carbocycles. The van der Waals surface area contributed by atoms with E-state index in [1.807, 2.05) is 6.92 Å². The highest BCUT2D eigenvalue weighted by Gasteiger charge is 2.39. The van der Waals surface area contributed by atoms with E-state index in [-0.39, 0.29) is 30.5 Å². The molecule has 4 nitrogen and oxygen atoms in total. The van der Waals surface area contributed by atoms with E-state index in [0.29, 0.717) is 32.2 Å². The zero-order valence-electron chi connectivity index (χ0n) is 15.4. The van der Waals surface area contributed by atoms with Crippen LogP contribution in [-0.4, -0.2) is 38.8 Å². The summed E-state index contributed by atoms with van der Waals surface area (Å²) in [6, 6.07) is 2.42. The van der Waals surface area contributed by atoms with Crippen molar-refractivity contribution in [3.8, 4) is 5.75 Å². The van der Waals surface area contributed by atoms with E-state index < -0.39 is 23.3 Å². The number of ether oxygens (including phenoxy) is 4. The van der Waals surface area contributed by atoms with Crippen LogP contribution in [0.3, 0.4) is 0 Å². The Balaban J connectivity index is 1.54. The van der Waals surface area contributed by atoms with Gasteiger partial charge in [0.1, 0.15) is 23.7 Å². The summed E-state index contributed by atoms with van der Waals surface area (Å²) in [5, 5.41) is 0. The molecule has 0 radical (unpaired) electrons. The maximum absolute atomic E-state index is 13.9. The van der Waals surface area contributed by atoms with Crippen molar-refractivity contribution in [3.05, 3.63) is 29.1 Å². The Morgan fingerprint density at radius 2 is 1.78 bits per heavy atom. The molecule has 1 aromatic carbocycles. The van der Waals surface area contributed by atoms with Crippen LogP contribution in [0.5, 0.6) is 5.75 Å². The van der Waals surface area contributed by atoms with Gasteiger partial charge in [0, 0.05) is 11.8 Å². The predicted octanol–water partition coefficient (Wildman–Crippen LogP) is 4.34. The molecule has 0 aromatic heterocycles. The molecule has 27 heavy (non-hydrogen) atoms. The summed E-state index contributed by atoms with van der Waals surface area (Å²) in [4.78, 5) is 0. The van der Waals surface area contributed by atoms with Gasteiger partial charge in [-0.3, -0.25) is 0 Å². The normalized spacial score (nSPS) is 29.6. The summed E-state index contributed by atoms with van der Waals surface area (Å²) < 4.78 is 75.8. The lowest BCUT2D eigenvalue weighted by Crippen LogP contribution is -2.42. The minimum absolute atomic E-state index is 0.0677. The molecule has 0 bridgehead atoms. The Labute approximate surface area is 155 Å². The number of alkyl halides is 3. The van der Waals surface area contributed by atoms with Crippen molar-refractivity contribution >= 4 is 0 Å². The van der Waals surface area contributed by atoms with Crippen molar-refractivity contribution in [2.24, 2.45) is 11.8 Å². The van der Waals surface area contributed by atoms with E-state index in [1.165, 1.54) is 13.0 Å². The van der Waals surface area contributed by atoms with E-state index in [1.54, 1.807) is 0 Å². The van der Waals surface area contributed by atoms with Gasteiger partial charge in [-0.05, 0) is 31.4 Å². The highest BCUT2D eigenvalue weighted by Crippen LogP contribution is 2.39. The van der Waals surface area contributed by atoms with Gasteiger partial charge in [-0.1, -0.05) is 13.0 Å². The second kappa shape index (κ2) is 8.32. The maximum atomic E-state index is 13.9. The first kappa shape index (κ1) is 20.4. The number of hydrogen-bond donors (Lipinski definition) is 0. The first-order chi connectivity index (χ1) is 12.8. The molecule has 2 aliphatic rings. The third-order valence-electron chi connectivity index (χ3n) is 4.89. The summed E-state index contributed by atoms with van der Waals surface area (Å²) >= 11 is 0. The van der Waals surface area contributed by atoms with Crippen LogP contribution in [0, 0.1) is 24.6 Å². The predicted molar refractivity (Wildman–Crippen MR) is 89.0 cm³/mol. The van der Waals surface area contributed by atoms with Crippen molar-refractivity contribution in [1.82, 2.24) is 0 Å². The molecular formula is C19H24F4O4. The molecule has 2 saturated heterocycles. The first-order valence-corrected chi connectivity index (χ1v) is 9.09. The minimum Gasteiger partial charge on any atom is -0.490 e. The zero-order valence-corrected chi connectivity index (χ0v) is 15.4. The number of aryl methyl sites for hydroxylation is 1. The topological polar surface area (TPSA) is 36.9 Å². The van der Waals surface area contributed by atoms with Crippen LogP contribution in [-0.2, 0) is 20.4 Å². The van der Waals surface area contributed by atoms with Gasteiger partial charge in [-0.15, -0.1) is 0 Å². The van der Waals surface area contributed by atoms with Crippen molar-refractivity contribution in [2.45, 2.75) is 45.3 Å². The highest BCUT2D eigenvalue weighted by molar-refractivity contribution is 5.40. The number of benzene rings is 1. The van der Waals surface area contributed by atoms with Crippen LogP contribution in [0.25, 0.3) is 0 Å². The van der Waals surface area contributed by atoms with Crippen LogP contribution in [0.1, 0.15) is 30.9 Å². The smallest absolute Gasteiger partial charge is 0.422 e. The zero-order chi connectivity index (χ0) is 19.6. The van der Waals surface area contributed by atoms with E-state index in [4.69, 9.17) is 18.9 Å². The van der Waals surface area contributed by atoms with Crippen molar-refractivity contribution in [3.63, 3.8) is 0 Å². The average molecular weight is 392 g/mol. The van der Waals surface area contributed by atoms with Gasteiger partial charge in [0.15, 0.2) is 6.29 Å². The number of hydrogen-bond acceptors (Lipinski definition) is 4. The van der Waals surface area contributed by atoms with E-state index >= 15 is 0 Å². The Bertz CT molecular complexity index is 633. The Hall–Kier alpha value is -1.38. The molecule has 0 amide bonds. The molecule has 0 spiro atoms. The van der Waals surface area contributed by atoms with Crippen molar-refractivity contribution in [1.29, 1.82) is 0 Å². The van der Waals surface area contributed by atoms with Crippen LogP contribution in [0.4, 0.5) is 17.6 Å². The molecule has 1 unspecified atom stereocenters. The van der Waals surface area contributed by atoms with Gasteiger partial charge in [0.05, 0.1) is 25.9 Å². The van der Waals surface area contributed by atoms with E-state index in [0.717, 1.165) is 12.5 Å². The fraction of sp³-hybridized carbons (Fsp3) is 0.684. The van der Waals surface area contributed by atoms with Gasteiger partial charge < -0.3 is 18.9 Å². The molecule has 3 rings (SSSR count). The first-order valence-electron chi connectivity index (χ1n) is 9.09. The monoisotopic (exact) mass is 392 g/mol. The summed E-state index contributed by atoms with van der Waals surface area (Å²) in [6.07, 6.45) is -4.10. The summed E-state index contributed by atoms with van der Waals surface area (Å²) in [5.41, 5.74) is -1.44. The average Bonchev–Trinajstić information content (AvgIpc) is 2.63. The van der Waals surface area contributed by atoms with Gasteiger partial charge >= 0.3 is 6.18 Å². The van der Waals surface area contributed by atoms with Crippen molar-refractivity contribution < 1.29 is 36.5 Å². The molecule has 0 aliphatic carbocycles. The van der Waals surface area contributed by atoms with Crippen LogP contribution < -0.4 is 4.74 Å². The van der Waals surface area contributed by atoms with Crippen molar-refractivity contribution in [2.75, 3.05) is 26.4 Å². The highest BCUT2D eigenvalue weighted by atomic mass is 19.4. The molecule has 152 valence electrons. The van der Waals surface area contributed by atoms with Crippen LogP contribution in [0.15, 0.2) is 12.1 Å². The molecule has 2 heterocycles.